The zero-order chi connectivity index (χ0) is 11.8. The molecule has 0 bridgehead atoms. The Balaban J connectivity index is 2.07. The molecular formula is C9H8N6OS. The first-order valence-electron chi connectivity index (χ1n) is 4.79. The second-order valence-corrected chi connectivity index (χ2v) is 4.26. The maximum atomic E-state index is 5.70. The number of rotatable bonds is 2. The normalized spacial score (nSPS) is 11.1. The lowest BCUT2D eigenvalue weighted by Crippen LogP contribution is -1.97. The van der Waals surface area contributed by atoms with Crippen molar-refractivity contribution in [3.8, 4) is 0 Å². The van der Waals surface area contributed by atoms with Crippen molar-refractivity contribution >= 4 is 23.2 Å². The average molecular weight is 248 g/mol. The fourth-order valence-electron chi connectivity index (χ4n) is 1.39. The second-order valence-electron chi connectivity index (χ2n) is 3.32. The summed E-state index contributed by atoms with van der Waals surface area (Å²) in [5, 5.41) is 8.70. The summed E-state index contributed by atoms with van der Waals surface area (Å²) in [7, 11) is 0. The molecule has 0 aliphatic rings. The summed E-state index contributed by atoms with van der Waals surface area (Å²) in [6.07, 6.45) is 5.18. The molecule has 0 saturated heterocycles. The third kappa shape index (κ3) is 1.82. The molecule has 0 fully saturated rings. The summed E-state index contributed by atoms with van der Waals surface area (Å²) in [5.41, 5.74) is 6.41. The predicted molar refractivity (Wildman–Crippen MR) is 60.6 cm³/mol. The van der Waals surface area contributed by atoms with Crippen molar-refractivity contribution in [1.82, 2.24) is 24.6 Å². The number of imidazole rings is 1. The highest BCUT2D eigenvalue weighted by molar-refractivity contribution is 7.99. The number of nitrogens with two attached hydrogens (primary N) is 1. The minimum absolute atomic E-state index is 0.411. The summed E-state index contributed by atoms with van der Waals surface area (Å²) in [5.74, 6) is 0.921. The Hall–Kier alpha value is -2.09. The van der Waals surface area contributed by atoms with Crippen LogP contribution < -0.4 is 5.73 Å². The zero-order valence-electron chi connectivity index (χ0n) is 8.86. The molecule has 8 heteroatoms. The smallest absolute Gasteiger partial charge is 0.283 e. The van der Waals surface area contributed by atoms with E-state index in [2.05, 4.69) is 20.2 Å². The van der Waals surface area contributed by atoms with Crippen LogP contribution in [0.3, 0.4) is 0 Å². The number of aromatic nitrogens is 5. The fraction of sp³-hybridized carbons (Fsp3) is 0.111. The second kappa shape index (κ2) is 3.74. The van der Waals surface area contributed by atoms with Crippen molar-refractivity contribution in [3.63, 3.8) is 0 Å². The largest absolute Gasteiger partial charge is 0.416 e. The van der Waals surface area contributed by atoms with Gasteiger partial charge in [0.05, 0.1) is 6.20 Å². The third-order valence-corrected chi connectivity index (χ3v) is 2.86. The number of hydrogen-bond acceptors (Lipinski definition) is 7. The van der Waals surface area contributed by atoms with E-state index in [9.17, 15) is 0 Å². The highest BCUT2D eigenvalue weighted by atomic mass is 32.2. The van der Waals surface area contributed by atoms with Crippen LogP contribution in [0.4, 0.5) is 5.82 Å². The van der Waals surface area contributed by atoms with Crippen LogP contribution in [-0.2, 0) is 0 Å². The van der Waals surface area contributed by atoms with Gasteiger partial charge < -0.3 is 14.6 Å². The predicted octanol–water partition coefficient (Wildman–Crippen LogP) is 1.15. The first kappa shape index (κ1) is 10.1. The fourth-order valence-corrected chi connectivity index (χ4v) is 2.20. The average Bonchev–Trinajstić information content (AvgIpc) is 2.87. The van der Waals surface area contributed by atoms with Gasteiger partial charge in [0.2, 0.25) is 5.89 Å². The Bertz CT molecular complexity index is 675. The van der Waals surface area contributed by atoms with Crippen molar-refractivity contribution in [2.45, 2.75) is 17.2 Å². The molecule has 0 aromatic carbocycles. The molecule has 0 unspecified atom stereocenters. The third-order valence-electron chi connectivity index (χ3n) is 2.05. The van der Waals surface area contributed by atoms with E-state index in [0.29, 0.717) is 27.6 Å². The van der Waals surface area contributed by atoms with E-state index in [4.69, 9.17) is 10.2 Å². The van der Waals surface area contributed by atoms with Gasteiger partial charge in [-0.2, -0.15) is 0 Å². The zero-order valence-corrected chi connectivity index (χ0v) is 9.68. The van der Waals surface area contributed by atoms with E-state index < -0.39 is 0 Å². The van der Waals surface area contributed by atoms with Gasteiger partial charge in [-0.1, -0.05) is 0 Å². The van der Waals surface area contributed by atoms with Crippen LogP contribution in [0.2, 0.25) is 0 Å². The van der Waals surface area contributed by atoms with Crippen LogP contribution in [0.25, 0.3) is 5.65 Å². The molecule has 0 radical (unpaired) electrons. The van der Waals surface area contributed by atoms with E-state index in [0.717, 1.165) is 0 Å². The molecule has 86 valence electrons. The molecule has 0 amide bonds. The van der Waals surface area contributed by atoms with Gasteiger partial charge in [0.25, 0.3) is 5.22 Å². The lowest BCUT2D eigenvalue weighted by Gasteiger charge is -2.01. The highest BCUT2D eigenvalue weighted by Crippen LogP contribution is 2.28. The van der Waals surface area contributed by atoms with Gasteiger partial charge in [0.15, 0.2) is 10.7 Å². The number of aryl methyl sites for hydroxylation is 1. The molecule has 0 atom stereocenters. The monoisotopic (exact) mass is 248 g/mol. The summed E-state index contributed by atoms with van der Waals surface area (Å²) in [4.78, 5) is 8.40. The van der Waals surface area contributed by atoms with Gasteiger partial charge in [0, 0.05) is 19.3 Å². The number of anilines is 1. The number of fused-ring (bicyclic) bond motifs is 1. The van der Waals surface area contributed by atoms with E-state index in [1.807, 2.05) is 0 Å². The Morgan fingerprint density at radius 3 is 3.06 bits per heavy atom. The Labute approximate surface area is 100 Å². The maximum Gasteiger partial charge on any atom is 0.283 e. The van der Waals surface area contributed by atoms with Gasteiger partial charge >= 0.3 is 0 Å². The molecule has 0 saturated carbocycles. The summed E-state index contributed by atoms with van der Waals surface area (Å²) >= 11 is 1.24. The van der Waals surface area contributed by atoms with Gasteiger partial charge in [-0.15, -0.1) is 10.2 Å². The maximum absolute atomic E-state index is 5.70. The highest BCUT2D eigenvalue weighted by Gasteiger charge is 2.12. The van der Waals surface area contributed by atoms with Crippen molar-refractivity contribution in [1.29, 1.82) is 0 Å². The van der Waals surface area contributed by atoms with E-state index in [-0.39, 0.29) is 0 Å². The van der Waals surface area contributed by atoms with Crippen LogP contribution in [-0.4, -0.2) is 24.6 Å². The molecule has 0 aliphatic heterocycles. The van der Waals surface area contributed by atoms with Crippen LogP contribution in [0.15, 0.2) is 33.3 Å². The Kier molecular flexibility index (Phi) is 2.22. The molecule has 3 aromatic rings. The summed E-state index contributed by atoms with van der Waals surface area (Å²) in [6, 6.07) is 0. The molecule has 17 heavy (non-hydrogen) atoms. The number of hydrogen-bond donors (Lipinski definition) is 1. The van der Waals surface area contributed by atoms with Gasteiger partial charge in [-0.25, -0.2) is 9.97 Å². The standard InChI is InChI=1S/C9H8N6OS/c1-5-13-14-9(16-5)17-8-7-11-2-3-15(7)4-6(10)12-8/h2-4H,10H2,1H3. The Morgan fingerprint density at radius 2 is 2.29 bits per heavy atom. The summed E-state index contributed by atoms with van der Waals surface area (Å²) in [6.45, 7) is 1.73. The molecule has 7 nitrogen and oxygen atoms in total. The van der Waals surface area contributed by atoms with Crippen LogP contribution >= 0.6 is 11.8 Å². The SMILES string of the molecule is Cc1nnc(Sc2nc(N)cn3ccnc23)o1. The number of nitrogens with zero attached hydrogens (tertiary/aromatic N) is 5. The van der Waals surface area contributed by atoms with Crippen LogP contribution in [0.5, 0.6) is 0 Å². The van der Waals surface area contributed by atoms with Gasteiger partial charge in [-0.05, 0) is 11.8 Å². The van der Waals surface area contributed by atoms with Crippen molar-refractivity contribution in [3.05, 3.63) is 24.5 Å². The van der Waals surface area contributed by atoms with E-state index >= 15 is 0 Å². The molecule has 0 spiro atoms. The number of nitrogen functional groups attached to an aromatic ring is 1. The minimum Gasteiger partial charge on any atom is -0.416 e. The molecule has 0 aliphatic carbocycles. The van der Waals surface area contributed by atoms with Crippen molar-refractivity contribution in [2.24, 2.45) is 0 Å². The van der Waals surface area contributed by atoms with Gasteiger partial charge in [-0.3, -0.25) is 0 Å². The van der Waals surface area contributed by atoms with Crippen molar-refractivity contribution < 1.29 is 4.42 Å². The minimum atomic E-state index is 0.411. The topological polar surface area (TPSA) is 95.1 Å². The quantitative estimate of drug-likeness (QED) is 0.726. The van der Waals surface area contributed by atoms with E-state index in [1.165, 1.54) is 11.8 Å². The van der Waals surface area contributed by atoms with Crippen molar-refractivity contribution in [2.75, 3.05) is 5.73 Å². The molecular weight excluding hydrogens is 240 g/mol. The van der Waals surface area contributed by atoms with Crippen LogP contribution in [0, 0.1) is 6.92 Å². The first-order valence-corrected chi connectivity index (χ1v) is 5.61. The molecule has 3 rings (SSSR count). The lowest BCUT2D eigenvalue weighted by atomic mass is 10.6. The molecule has 3 heterocycles. The van der Waals surface area contributed by atoms with Gasteiger partial charge in [0.1, 0.15) is 5.82 Å². The van der Waals surface area contributed by atoms with E-state index in [1.54, 1.807) is 29.9 Å². The summed E-state index contributed by atoms with van der Waals surface area (Å²) < 4.78 is 7.08. The lowest BCUT2D eigenvalue weighted by molar-refractivity contribution is 0.429. The molecule has 2 N–H and O–H groups in total. The Morgan fingerprint density at radius 1 is 1.41 bits per heavy atom. The van der Waals surface area contributed by atoms with Crippen LogP contribution in [0.1, 0.15) is 5.89 Å². The first-order chi connectivity index (χ1) is 8.22. The molecule has 3 aromatic heterocycles.